The highest BCUT2D eigenvalue weighted by molar-refractivity contribution is 6.29. The molecule has 0 radical (unpaired) electrons. The maximum Gasteiger partial charge on any atom is 0.356 e. The molecule has 0 bridgehead atoms. The number of aromatic nitrogens is 1. The van der Waals surface area contributed by atoms with E-state index in [1.54, 1.807) is 25.3 Å². The van der Waals surface area contributed by atoms with E-state index in [1.807, 2.05) is 19.9 Å². The van der Waals surface area contributed by atoms with Gasteiger partial charge in [-0.3, -0.25) is 9.79 Å². The van der Waals surface area contributed by atoms with Gasteiger partial charge in [0.05, 0.1) is 41.9 Å². The third-order valence-electron chi connectivity index (χ3n) is 5.78. The van der Waals surface area contributed by atoms with E-state index in [1.165, 1.54) is 12.3 Å². The number of hydrogen-bond acceptors (Lipinski definition) is 8. The molecular weight excluding hydrogens is 472 g/mol. The number of anilines is 1. The number of carbonyl (C=O) groups is 1. The maximum absolute atomic E-state index is 13.3. The molecule has 3 heterocycles. The Labute approximate surface area is 206 Å². The van der Waals surface area contributed by atoms with Gasteiger partial charge in [0, 0.05) is 23.5 Å². The van der Waals surface area contributed by atoms with Gasteiger partial charge in [0.2, 0.25) is 0 Å². The first kappa shape index (κ1) is 24.4. The molecule has 0 saturated carbocycles. The predicted molar refractivity (Wildman–Crippen MR) is 135 cm³/mol. The van der Waals surface area contributed by atoms with E-state index in [2.05, 4.69) is 15.3 Å². The van der Waals surface area contributed by atoms with Crippen molar-refractivity contribution in [3.05, 3.63) is 74.0 Å². The molecule has 1 aliphatic rings. The number of carboxylic acids is 1. The molecular formula is C25H25ClN4O5. The fourth-order valence-electron chi connectivity index (χ4n) is 3.86. The zero-order valence-electron chi connectivity index (χ0n) is 19.5. The number of nitrogens with zero attached hydrogens (tertiary/aromatic N) is 2. The largest absolute Gasteiger partial charge is 0.476 e. The molecule has 10 heteroatoms. The van der Waals surface area contributed by atoms with E-state index in [0.29, 0.717) is 46.6 Å². The van der Waals surface area contributed by atoms with Gasteiger partial charge in [0.15, 0.2) is 11.1 Å². The van der Waals surface area contributed by atoms with Crippen LogP contribution < -0.4 is 16.5 Å². The average molecular weight is 497 g/mol. The summed E-state index contributed by atoms with van der Waals surface area (Å²) >= 11 is 5.88. The molecule has 1 aliphatic heterocycles. The number of halogens is 1. The van der Waals surface area contributed by atoms with Crippen LogP contribution in [0.5, 0.6) is 0 Å². The minimum absolute atomic E-state index is 0.0521. The fourth-order valence-corrected chi connectivity index (χ4v) is 4.01. The van der Waals surface area contributed by atoms with Crippen molar-refractivity contribution in [2.75, 3.05) is 18.5 Å². The lowest BCUT2D eigenvalue weighted by Gasteiger charge is -2.22. The average Bonchev–Trinajstić information content (AvgIpc) is 2.79. The van der Waals surface area contributed by atoms with E-state index >= 15 is 0 Å². The molecule has 1 saturated heterocycles. The number of aryl methyl sites for hydroxylation is 1. The summed E-state index contributed by atoms with van der Waals surface area (Å²) in [7, 11) is 0. The van der Waals surface area contributed by atoms with Gasteiger partial charge in [0.25, 0.3) is 0 Å². The normalized spacial score (nSPS) is 15.4. The second-order valence-corrected chi connectivity index (χ2v) is 8.80. The van der Waals surface area contributed by atoms with Crippen molar-refractivity contribution in [3.8, 4) is 0 Å². The minimum Gasteiger partial charge on any atom is -0.476 e. The highest BCUT2D eigenvalue weighted by Gasteiger charge is 2.22. The first-order valence-electron chi connectivity index (χ1n) is 11.0. The fraction of sp³-hybridized carbons (Fsp3) is 0.280. The Morgan fingerprint density at radius 3 is 2.71 bits per heavy atom. The number of allylic oxidation sites excluding steroid dienone is 1. The van der Waals surface area contributed by atoms with Gasteiger partial charge >= 0.3 is 5.97 Å². The number of carboxylic acid groups (broad SMARTS) is 1. The van der Waals surface area contributed by atoms with Crippen LogP contribution in [0.25, 0.3) is 16.5 Å². The maximum atomic E-state index is 13.3. The molecule has 1 fully saturated rings. The molecule has 2 aromatic heterocycles. The van der Waals surface area contributed by atoms with Crippen LogP contribution in [0.3, 0.4) is 0 Å². The molecule has 3 aromatic rings. The third-order valence-corrected chi connectivity index (χ3v) is 5.99. The van der Waals surface area contributed by atoms with Crippen molar-refractivity contribution in [2.45, 2.75) is 32.9 Å². The summed E-state index contributed by atoms with van der Waals surface area (Å²) in [5.74, 6) is -0.889. The van der Waals surface area contributed by atoms with Gasteiger partial charge in [-0.15, -0.1) is 0 Å². The standard InChI is InChI=1S/C25H25ClN4O5/c1-12-6-17(14(3)29-19-4-5-20(26)30-21(19)25(32)33)24-18(7-12)22(31)13(2)23(35-24)15(8-27)9-28-16-10-34-11-16/h4-9,14,16,29H,10-11,27H2,1-3H3,(H,32,33)/b15-8+,28-9?. The summed E-state index contributed by atoms with van der Waals surface area (Å²) in [6.45, 7) is 6.49. The summed E-state index contributed by atoms with van der Waals surface area (Å²) in [6, 6.07) is 6.32. The van der Waals surface area contributed by atoms with Gasteiger partial charge in [-0.1, -0.05) is 17.7 Å². The van der Waals surface area contributed by atoms with Gasteiger partial charge in [-0.25, -0.2) is 9.78 Å². The van der Waals surface area contributed by atoms with Crippen LogP contribution in [0, 0.1) is 13.8 Å². The van der Waals surface area contributed by atoms with E-state index in [-0.39, 0.29) is 28.0 Å². The van der Waals surface area contributed by atoms with Crippen LogP contribution in [0.2, 0.25) is 5.15 Å². The quantitative estimate of drug-likeness (QED) is 0.328. The second-order valence-electron chi connectivity index (χ2n) is 8.41. The summed E-state index contributed by atoms with van der Waals surface area (Å²) < 4.78 is 11.4. The number of pyridine rings is 1. The van der Waals surface area contributed by atoms with E-state index in [9.17, 15) is 14.7 Å². The van der Waals surface area contributed by atoms with E-state index in [0.717, 1.165) is 5.56 Å². The molecule has 0 aliphatic carbocycles. The summed E-state index contributed by atoms with van der Waals surface area (Å²) in [6.07, 6.45) is 2.95. The Kier molecular flexibility index (Phi) is 6.90. The van der Waals surface area contributed by atoms with Crippen LogP contribution in [-0.4, -0.2) is 41.5 Å². The van der Waals surface area contributed by atoms with Gasteiger partial charge in [-0.05, 0) is 44.5 Å². The second kappa shape index (κ2) is 9.89. The predicted octanol–water partition coefficient (Wildman–Crippen LogP) is 4.10. The zero-order valence-corrected chi connectivity index (χ0v) is 20.2. The van der Waals surface area contributed by atoms with Crippen molar-refractivity contribution in [2.24, 2.45) is 10.7 Å². The van der Waals surface area contributed by atoms with Crippen molar-refractivity contribution < 1.29 is 19.1 Å². The number of rotatable bonds is 7. The molecule has 1 atom stereocenters. The third kappa shape index (κ3) is 4.91. The number of benzene rings is 1. The molecule has 4 N–H and O–H groups in total. The van der Waals surface area contributed by atoms with E-state index in [4.69, 9.17) is 26.5 Å². The highest BCUT2D eigenvalue weighted by Crippen LogP contribution is 2.31. The Morgan fingerprint density at radius 1 is 1.34 bits per heavy atom. The molecule has 182 valence electrons. The Bertz CT molecular complexity index is 1430. The number of nitrogens with one attached hydrogen (secondary N) is 1. The summed E-state index contributed by atoms with van der Waals surface area (Å²) in [5.41, 5.74) is 8.56. The molecule has 1 unspecified atom stereocenters. The molecule has 0 spiro atoms. The number of nitrogens with two attached hydrogens (primary N) is 1. The molecule has 9 nitrogen and oxygen atoms in total. The minimum atomic E-state index is -1.21. The summed E-state index contributed by atoms with van der Waals surface area (Å²) in [4.78, 5) is 33.3. The van der Waals surface area contributed by atoms with Gasteiger partial charge < -0.3 is 25.3 Å². The first-order chi connectivity index (χ1) is 16.7. The lowest BCUT2D eigenvalue weighted by Crippen LogP contribution is -2.31. The van der Waals surface area contributed by atoms with Crippen LogP contribution in [0.1, 0.15) is 45.9 Å². The Morgan fingerprint density at radius 2 is 2.09 bits per heavy atom. The lowest BCUT2D eigenvalue weighted by atomic mass is 9.99. The smallest absolute Gasteiger partial charge is 0.356 e. The Hall–Kier alpha value is -3.69. The van der Waals surface area contributed by atoms with Crippen molar-refractivity contribution in [3.63, 3.8) is 0 Å². The molecule has 1 aromatic carbocycles. The number of aliphatic imine (C=N–C) groups is 1. The van der Waals surface area contributed by atoms with Crippen molar-refractivity contribution >= 4 is 46.0 Å². The van der Waals surface area contributed by atoms with Gasteiger partial charge in [-0.2, -0.15) is 0 Å². The molecule has 4 rings (SSSR count). The van der Waals surface area contributed by atoms with Crippen LogP contribution >= 0.6 is 11.6 Å². The van der Waals surface area contributed by atoms with Crippen LogP contribution in [-0.2, 0) is 4.74 Å². The Balaban J connectivity index is 1.82. The number of aromatic carboxylic acids is 1. The number of fused-ring (bicyclic) bond motifs is 1. The van der Waals surface area contributed by atoms with Crippen molar-refractivity contribution in [1.82, 2.24) is 4.98 Å². The molecule has 35 heavy (non-hydrogen) atoms. The SMILES string of the molecule is Cc1cc(C(C)Nc2ccc(Cl)nc2C(=O)O)c2oc(/C(C=NC3COC3)=C/N)c(C)c(=O)c2c1. The van der Waals surface area contributed by atoms with E-state index < -0.39 is 12.0 Å². The lowest BCUT2D eigenvalue weighted by molar-refractivity contribution is 0.0135. The summed E-state index contributed by atoms with van der Waals surface area (Å²) in [5, 5.41) is 13.2. The monoisotopic (exact) mass is 496 g/mol. The zero-order chi connectivity index (χ0) is 25.3. The number of ether oxygens (including phenoxy) is 1. The van der Waals surface area contributed by atoms with Gasteiger partial charge in [0.1, 0.15) is 16.5 Å². The van der Waals surface area contributed by atoms with Crippen LogP contribution in [0.4, 0.5) is 5.69 Å². The first-order valence-corrected chi connectivity index (χ1v) is 11.3. The van der Waals surface area contributed by atoms with Crippen molar-refractivity contribution in [1.29, 1.82) is 0 Å². The number of hydrogen-bond donors (Lipinski definition) is 3. The highest BCUT2D eigenvalue weighted by atomic mass is 35.5. The molecule has 0 amide bonds. The van der Waals surface area contributed by atoms with Crippen LogP contribution in [0.15, 0.2) is 44.7 Å². The topological polar surface area (TPSA) is 140 Å².